The van der Waals surface area contributed by atoms with Gasteiger partial charge in [-0.25, -0.2) is 34.9 Å². The fourth-order valence-electron chi connectivity index (χ4n) is 8.15. The van der Waals surface area contributed by atoms with E-state index >= 15 is 0 Å². The second-order valence-electron chi connectivity index (χ2n) is 18.5. The van der Waals surface area contributed by atoms with E-state index in [1.54, 1.807) is 64.0 Å². The molecule has 4 atom stereocenters. The van der Waals surface area contributed by atoms with Crippen LogP contribution in [0.1, 0.15) is 121 Å². The molecule has 1 aliphatic rings. The molecule has 29 heteroatoms. The van der Waals surface area contributed by atoms with E-state index in [2.05, 4.69) is 37.0 Å². The summed E-state index contributed by atoms with van der Waals surface area (Å²) in [6, 6.07) is 9.90. The number of aromatic nitrogens is 7. The number of nitrogens with zero attached hydrogens (tertiary/aromatic N) is 7. The van der Waals surface area contributed by atoms with Gasteiger partial charge in [0.1, 0.15) is 83.1 Å². The Hall–Kier alpha value is -7.19. The SMILES string of the molecule is CNC(=O)C[C@@H]1NC(=O)c2csc(n2)-c2ccc(-c3nc(NC(=O)CCCC(=O)O)cs3)nc2-c2csc(n2)-c2csc(n2)[C@H]([C@@H](O)c2ccccc2)NC(=O)CNC(=O)c2nc(sc2COC)[C@H](C(C)C)NOCc2nc1sc2C. The molecule has 0 radical (unpaired) electrons. The van der Waals surface area contributed by atoms with Crippen LogP contribution in [0, 0.1) is 12.8 Å². The molecule has 1 aromatic carbocycles. The minimum atomic E-state index is -1.26. The molecular formula is C52H53N13O10S6. The number of aliphatic carboxylic acids is 1. The first-order valence-electron chi connectivity index (χ1n) is 25.1. The Kier molecular flexibility index (Phi) is 19.2. The highest BCUT2D eigenvalue weighted by Crippen LogP contribution is 2.40. The standard InChI is InChI=1S/C52H53N13O10S6/c1-24(2)40-52-64-42(34(81-52)19-74-5)46(73)54-17-38(68)63-43(44(71)26-10-7-6-8-11-26)51-60-33(22-78-51)49-58-31(20-77-49)41-27(14-15-28(55-41)48-62-35(23-79-48)61-36(66)12-9-13-39(69)70)47-59-32(21-76-47)45(72)56-29(16-37(67)53-4)50-57-30(18-75-65-40)25(3)80-50/h6-8,10-11,14-15,20-24,29,40,43-44,65,71H,9,12-13,16-19H2,1-5H3,(H,53,67)(H,54,73)(H,56,72)(H,61,66)(H,63,68)(H,69,70)/t29-,40-,43-,44-/m0/s1. The van der Waals surface area contributed by atoms with Gasteiger partial charge in [0.25, 0.3) is 11.8 Å². The van der Waals surface area contributed by atoms with Gasteiger partial charge in [0.15, 0.2) is 0 Å². The Labute approximate surface area is 487 Å². The maximum absolute atomic E-state index is 14.2. The van der Waals surface area contributed by atoms with Crippen LogP contribution in [-0.2, 0) is 42.0 Å². The molecule has 0 aliphatic carbocycles. The number of carbonyl (C=O) groups excluding carboxylic acids is 5. The first kappa shape index (κ1) is 58.5. The largest absolute Gasteiger partial charge is 0.481 e. The minimum Gasteiger partial charge on any atom is -0.481 e. The number of amides is 5. The number of rotatable bonds is 13. The van der Waals surface area contributed by atoms with Crippen molar-refractivity contribution in [2.75, 3.05) is 26.0 Å². The van der Waals surface area contributed by atoms with E-state index in [0.717, 1.165) is 4.88 Å². The number of aliphatic hydroxyl groups is 1. The van der Waals surface area contributed by atoms with Crippen LogP contribution in [0.15, 0.2) is 64.0 Å². The molecule has 0 fully saturated rings. The molecule has 7 aromatic heterocycles. The second-order valence-corrected chi connectivity index (χ2v) is 24.3. The zero-order valence-electron chi connectivity index (χ0n) is 43.9. The number of nitrogens with one attached hydrogen (secondary N) is 6. The van der Waals surface area contributed by atoms with Crippen LogP contribution >= 0.6 is 68.0 Å². The molecule has 5 amide bonds. The number of hydroxylamine groups is 1. The van der Waals surface area contributed by atoms with Gasteiger partial charge in [-0.05, 0) is 37.0 Å². The molecule has 1 aliphatic heterocycles. The number of ether oxygens (including phenoxy) is 1. The Morgan fingerprint density at radius 2 is 1.49 bits per heavy atom. The number of carboxylic acids is 1. The number of carbonyl (C=O) groups is 6. The molecule has 0 spiro atoms. The van der Waals surface area contributed by atoms with Gasteiger partial charge in [0.2, 0.25) is 17.7 Å². The van der Waals surface area contributed by atoms with Crippen LogP contribution < -0.4 is 32.1 Å². The average Bonchev–Trinajstić information content (AvgIpc) is 4.49. The van der Waals surface area contributed by atoms with Crippen LogP contribution in [0.3, 0.4) is 0 Å². The fraction of sp³-hybridized carbons (Fsp3) is 0.327. The zero-order chi connectivity index (χ0) is 57.3. The van der Waals surface area contributed by atoms with Crippen LogP contribution in [0.4, 0.5) is 5.82 Å². The zero-order valence-corrected chi connectivity index (χ0v) is 48.8. The van der Waals surface area contributed by atoms with Gasteiger partial charge in [-0.2, -0.15) is 5.48 Å². The molecular weight excluding hydrogens is 1160 g/mol. The van der Waals surface area contributed by atoms with Crippen molar-refractivity contribution in [1.29, 1.82) is 0 Å². The number of pyridine rings is 1. The summed E-state index contributed by atoms with van der Waals surface area (Å²) < 4.78 is 5.46. The van der Waals surface area contributed by atoms with E-state index < -0.39 is 54.5 Å². The topological polar surface area (TPSA) is 324 Å². The van der Waals surface area contributed by atoms with Crippen LogP contribution in [0.5, 0.6) is 0 Å². The lowest BCUT2D eigenvalue weighted by atomic mass is 10.0. The summed E-state index contributed by atoms with van der Waals surface area (Å²) in [4.78, 5) is 120. The van der Waals surface area contributed by atoms with Crippen molar-refractivity contribution in [3.05, 3.63) is 111 Å². The monoisotopic (exact) mass is 1210 g/mol. The third-order valence-corrected chi connectivity index (χ3v) is 18.1. The number of aryl methyl sites for hydroxylation is 1. The van der Waals surface area contributed by atoms with Gasteiger partial charge in [0.05, 0.1) is 47.9 Å². The first-order chi connectivity index (χ1) is 39.0. The van der Waals surface area contributed by atoms with Crippen molar-refractivity contribution in [1.82, 2.24) is 61.6 Å². The Morgan fingerprint density at radius 1 is 0.753 bits per heavy atom. The number of methoxy groups -OCH3 is 1. The van der Waals surface area contributed by atoms with Gasteiger partial charge in [-0.3, -0.25) is 33.6 Å². The highest BCUT2D eigenvalue weighted by atomic mass is 32.1. The summed E-state index contributed by atoms with van der Waals surface area (Å²) in [5.41, 5.74) is 6.48. The molecule has 0 saturated heterocycles. The number of aliphatic hydroxyl groups excluding tert-OH is 1. The Bertz CT molecular complexity index is 3570. The van der Waals surface area contributed by atoms with E-state index in [1.807, 2.05) is 20.8 Å². The van der Waals surface area contributed by atoms with Crippen LogP contribution in [0.25, 0.3) is 43.4 Å². The lowest BCUT2D eigenvalue weighted by Gasteiger charge is -2.23. The number of hydrogen-bond acceptors (Lipinski definition) is 23. The summed E-state index contributed by atoms with van der Waals surface area (Å²) in [6.45, 7) is 5.38. The molecule has 23 nitrogen and oxygen atoms in total. The van der Waals surface area contributed by atoms with E-state index in [9.17, 15) is 33.9 Å². The van der Waals surface area contributed by atoms with Gasteiger partial charge >= 0.3 is 5.97 Å². The van der Waals surface area contributed by atoms with Crippen molar-refractivity contribution < 1.29 is 48.6 Å². The molecule has 9 rings (SSSR count). The molecule has 8 aromatic rings. The van der Waals surface area contributed by atoms with Crippen molar-refractivity contribution in [3.8, 4) is 43.4 Å². The van der Waals surface area contributed by atoms with Crippen LogP contribution in [0.2, 0.25) is 0 Å². The highest BCUT2D eigenvalue weighted by Gasteiger charge is 2.31. The summed E-state index contributed by atoms with van der Waals surface area (Å²) >= 11 is 7.45. The maximum atomic E-state index is 14.2. The first-order valence-corrected chi connectivity index (χ1v) is 30.2. The highest BCUT2D eigenvalue weighted by molar-refractivity contribution is 7.15. The number of carboxylic acid groups (broad SMARTS) is 1. The molecule has 422 valence electrons. The summed E-state index contributed by atoms with van der Waals surface area (Å²) in [6.07, 6.45) is -1.37. The molecule has 0 unspecified atom stereocenters. The van der Waals surface area contributed by atoms with Crippen molar-refractivity contribution in [2.24, 2.45) is 5.92 Å². The number of fused-ring (bicyclic) bond motifs is 14. The predicted octanol–water partition coefficient (Wildman–Crippen LogP) is 7.80. The fourth-order valence-corrected chi connectivity index (χ4v) is 13.6. The molecule has 8 heterocycles. The maximum Gasteiger partial charge on any atom is 0.303 e. The average molecular weight is 1210 g/mol. The number of hydrogen-bond donors (Lipinski definition) is 8. The summed E-state index contributed by atoms with van der Waals surface area (Å²) in [5.74, 6) is -3.32. The van der Waals surface area contributed by atoms with Gasteiger partial charge < -0.3 is 41.5 Å². The third kappa shape index (κ3) is 14.3. The van der Waals surface area contributed by atoms with Gasteiger partial charge in [-0.15, -0.1) is 68.0 Å². The van der Waals surface area contributed by atoms with Crippen LogP contribution in [-0.4, -0.2) is 101 Å². The lowest BCUT2D eigenvalue weighted by molar-refractivity contribution is -0.137. The van der Waals surface area contributed by atoms with E-state index in [-0.39, 0.29) is 73.8 Å². The normalized spacial score (nSPS) is 16.6. The van der Waals surface area contributed by atoms with E-state index in [4.69, 9.17) is 44.6 Å². The van der Waals surface area contributed by atoms with Crippen molar-refractivity contribution in [2.45, 2.75) is 83.9 Å². The van der Waals surface area contributed by atoms with Gasteiger partial charge in [-0.1, -0.05) is 44.2 Å². The Morgan fingerprint density at radius 3 is 2.26 bits per heavy atom. The number of anilines is 1. The van der Waals surface area contributed by atoms with Crippen molar-refractivity contribution in [3.63, 3.8) is 0 Å². The number of benzene rings is 1. The second kappa shape index (κ2) is 26.6. The van der Waals surface area contributed by atoms with E-state index in [0.29, 0.717) is 74.5 Å². The molecule has 8 N–H and O–H groups in total. The smallest absolute Gasteiger partial charge is 0.303 e. The van der Waals surface area contributed by atoms with Gasteiger partial charge in [0, 0.05) is 59.0 Å². The van der Waals surface area contributed by atoms with Crippen molar-refractivity contribution >= 4 is 109 Å². The molecule has 0 saturated carbocycles. The molecule has 81 heavy (non-hydrogen) atoms. The quantitative estimate of drug-likeness (QED) is 0.0546. The van der Waals surface area contributed by atoms with E-state index in [1.165, 1.54) is 82.2 Å². The molecule has 10 bridgehead atoms. The minimum absolute atomic E-state index is 0.00249. The number of thiazole rings is 6. The Balaban J connectivity index is 1.10. The summed E-state index contributed by atoms with van der Waals surface area (Å²) in [5, 5.41) is 44.3. The summed E-state index contributed by atoms with van der Waals surface area (Å²) in [7, 11) is 3.01. The third-order valence-electron chi connectivity index (χ3n) is 12.3. The lowest BCUT2D eigenvalue weighted by Crippen LogP contribution is -2.40. The predicted molar refractivity (Wildman–Crippen MR) is 307 cm³/mol.